The van der Waals surface area contributed by atoms with Crippen molar-refractivity contribution in [2.75, 3.05) is 10.6 Å². The monoisotopic (exact) mass is 374 g/mol. The van der Waals surface area contributed by atoms with Crippen molar-refractivity contribution in [3.63, 3.8) is 0 Å². The normalized spacial score (nSPS) is 11.2. The van der Waals surface area contributed by atoms with E-state index in [1.807, 2.05) is 6.92 Å². The second kappa shape index (κ2) is 8.67. The Hall–Kier alpha value is -2.60. The Kier molecular flexibility index (Phi) is 6.58. The van der Waals surface area contributed by atoms with Crippen LogP contribution in [0, 0.1) is 12.8 Å². The molecule has 0 atom stereocenters. The summed E-state index contributed by atoms with van der Waals surface area (Å²) in [7, 11) is 0. The van der Waals surface area contributed by atoms with Crippen LogP contribution in [0.2, 0.25) is 5.15 Å². The Morgan fingerprint density at radius 2 is 1.77 bits per heavy atom. The predicted octanol–water partition coefficient (Wildman–Crippen LogP) is 4.11. The molecule has 6 nitrogen and oxygen atoms in total. The maximum absolute atomic E-state index is 12.1. The van der Waals surface area contributed by atoms with Crippen molar-refractivity contribution in [3.8, 4) is 0 Å². The number of aryl methyl sites for hydroxylation is 1. The Balaban J connectivity index is 2.03. The number of nitrogens with zero attached hydrogens (tertiary/aromatic N) is 2. The highest BCUT2D eigenvalue weighted by molar-refractivity contribution is 6.31. The second-order valence-corrected chi connectivity index (χ2v) is 6.80. The van der Waals surface area contributed by atoms with Crippen molar-refractivity contribution in [1.82, 2.24) is 9.78 Å². The van der Waals surface area contributed by atoms with Crippen molar-refractivity contribution in [1.29, 1.82) is 0 Å². The van der Waals surface area contributed by atoms with Crippen LogP contribution in [0.1, 0.15) is 32.0 Å². The fraction of sp³-hybridized carbons (Fsp3) is 0.316. The van der Waals surface area contributed by atoms with E-state index in [-0.39, 0.29) is 11.8 Å². The van der Waals surface area contributed by atoms with E-state index in [0.29, 0.717) is 22.4 Å². The van der Waals surface area contributed by atoms with E-state index < -0.39 is 0 Å². The molecule has 0 saturated carbocycles. The number of benzene rings is 1. The van der Waals surface area contributed by atoms with Gasteiger partial charge in [-0.1, -0.05) is 25.4 Å². The molecular formula is C19H23ClN4O2. The second-order valence-electron chi connectivity index (χ2n) is 6.45. The first-order valence-corrected chi connectivity index (χ1v) is 8.73. The third-order valence-electron chi connectivity index (χ3n) is 3.52. The molecule has 26 heavy (non-hydrogen) atoms. The quantitative estimate of drug-likeness (QED) is 0.747. The zero-order chi connectivity index (χ0) is 19.3. The highest BCUT2D eigenvalue weighted by Gasteiger charge is 2.12. The highest BCUT2D eigenvalue weighted by Crippen LogP contribution is 2.22. The topological polar surface area (TPSA) is 76.0 Å². The zero-order valence-electron chi connectivity index (χ0n) is 15.3. The van der Waals surface area contributed by atoms with Crippen LogP contribution in [-0.2, 0) is 16.1 Å². The average molecular weight is 375 g/mol. The third kappa shape index (κ3) is 5.46. The minimum Gasteiger partial charge on any atom is -0.326 e. The van der Waals surface area contributed by atoms with Gasteiger partial charge in [-0.2, -0.15) is 5.10 Å². The Morgan fingerprint density at radius 1 is 1.19 bits per heavy atom. The minimum absolute atomic E-state index is 0.144. The van der Waals surface area contributed by atoms with Crippen LogP contribution in [0.3, 0.4) is 0 Å². The first-order valence-electron chi connectivity index (χ1n) is 8.36. The van der Waals surface area contributed by atoms with Crippen LogP contribution in [0.25, 0.3) is 6.08 Å². The number of halogens is 1. The first-order chi connectivity index (χ1) is 12.3. The summed E-state index contributed by atoms with van der Waals surface area (Å²) < 4.78 is 1.75. The molecule has 0 aliphatic carbocycles. The van der Waals surface area contributed by atoms with Gasteiger partial charge in [0, 0.05) is 36.5 Å². The van der Waals surface area contributed by atoms with Gasteiger partial charge in [-0.25, -0.2) is 0 Å². The molecule has 0 aliphatic rings. The number of aromatic nitrogens is 2. The van der Waals surface area contributed by atoms with Gasteiger partial charge in [0.1, 0.15) is 5.15 Å². The van der Waals surface area contributed by atoms with E-state index in [1.54, 1.807) is 35.0 Å². The Labute approximate surface area is 158 Å². The molecule has 0 radical (unpaired) electrons. The van der Waals surface area contributed by atoms with Crippen LogP contribution >= 0.6 is 11.6 Å². The fourth-order valence-electron chi connectivity index (χ4n) is 2.41. The molecular weight excluding hydrogens is 352 g/mol. The van der Waals surface area contributed by atoms with Gasteiger partial charge in [0.25, 0.3) is 0 Å². The van der Waals surface area contributed by atoms with Crippen LogP contribution in [0.5, 0.6) is 0 Å². The van der Waals surface area contributed by atoms with Gasteiger partial charge in [-0.3, -0.25) is 14.3 Å². The van der Waals surface area contributed by atoms with Gasteiger partial charge in [0.2, 0.25) is 11.8 Å². The maximum Gasteiger partial charge on any atom is 0.248 e. The summed E-state index contributed by atoms with van der Waals surface area (Å²) in [5, 5.41) is 10.4. The number of hydrogen-bond acceptors (Lipinski definition) is 3. The lowest BCUT2D eigenvalue weighted by atomic mass is 10.2. The number of amides is 2. The molecule has 1 aromatic carbocycles. The number of anilines is 2. The molecule has 0 unspecified atom stereocenters. The van der Waals surface area contributed by atoms with Gasteiger partial charge in [0.15, 0.2) is 0 Å². The molecule has 2 aromatic rings. The van der Waals surface area contributed by atoms with Crippen LogP contribution in [-0.4, -0.2) is 21.6 Å². The van der Waals surface area contributed by atoms with E-state index in [0.717, 1.165) is 17.8 Å². The van der Waals surface area contributed by atoms with E-state index in [2.05, 4.69) is 29.6 Å². The van der Waals surface area contributed by atoms with Gasteiger partial charge in [0.05, 0.1) is 5.69 Å². The van der Waals surface area contributed by atoms with Crippen LogP contribution in [0.15, 0.2) is 30.3 Å². The predicted molar refractivity (Wildman–Crippen MR) is 105 cm³/mol. The largest absolute Gasteiger partial charge is 0.326 e. The Morgan fingerprint density at radius 3 is 2.31 bits per heavy atom. The fourth-order valence-corrected chi connectivity index (χ4v) is 2.71. The lowest BCUT2D eigenvalue weighted by molar-refractivity contribution is -0.114. The molecule has 1 heterocycles. The Bertz CT molecular complexity index is 823. The lowest BCUT2D eigenvalue weighted by Gasteiger charge is -2.06. The van der Waals surface area contributed by atoms with E-state index >= 15 is 0 Å². The lowest BCUT2D eigenvalue weighted by Crippen LogP contribution is -2.08. The molecule has 2 amide bonds. The summed E-state index contributed by atoms with van der Waals surface area (Å²) in [4.78, 5) is 23.1. The number of nitrogens with one attached hydrogen (secondary N) is 2. The molecule has 0 bridgehead atoms. The smallest absolute Gasteiger partial charge is 0.248 e. The first kappa shape index (κ1) is 19.7. The standard InChI is InChI=1S/C19H23ClN4O2/c1-12(2)11-24-19(20)17(13(3)23-24)9-10-18(26)22-16-7-5-15(6-8-16)21-14(4)25/h5-10,12H,11H2,1-4H3,(H,21,25)(H,22,26)/b10-9+. The van der Waals surface area contributed by atoms with Gasteiger partial charge < -0.3 is 10.6 Å². The molecule has 138 valence electrons. The van der Waals surface area contributed by atoms with Crippen molar-refractivity contribution < 1.29 is 9.59 Å². The summed E-state index contributed by atoms with van der Waals surface area (Å²) in [6, 6.07) is 6.88. The number of carbonyl (C=O) groups is 2. The summed E-state index contributed by atoms with van der Waals surface area (Å²) in [5.74, 6) is 0.00623. The molecule has 0 spiro atoms. The van der Waals surface area contributed by atoms with Crippen molar-refractivity contribution in [2.45, 2.75) is 34.2 Å². The van der Waals surface area contributed by atoms with Gasteiger partial charge in [-0.15, -0.1) is 0 Å². The van der Waals surface area contributed by atoms with E-state index in [9.17, 15) is 9.59 Å². The third-order valence-corrected chi connectivity index (χ3v) is 3.92. The summed E-state index contributed by atoms with van der Waals surface area (Å²) in [5.41, 5.74) is 2.82. The van der Waals surface area contributed by atoms with Crippen molar-refractivity contribution in [3.05, 3.63) is 46.8 Å². The number of carbonyl (C=O) groups excluding carboxylic acids is 2. The maximum atomic E-state index is 12.1. The highest BCUT2D eigenvalue weighted by atomic mass is 35.5. The summed E-state index contributed by atoms with van der Waals surface area (Å²) in [6.07, 6.45) is 3.10. The van der Waals surface area contributed by atoms with E-state index in [1.165, 1.54) is 13.0 Å². The molecule has 7 heteroatoms. The molecule has 2 N–H and O–H groups in total. The van der Waals surface area contributed by atoms with Crippen LogP contribution < -0.4 is 10.6 Å². The molecule has 2 rings (SSSR count). The molecule has 0 aliphatic heterocycles. The number of rotatable bonds is 6. The molecule has 0 saturated heterocycles. The van der Waals surface area contributed by atoms with Crippen LogP contribution in [0.4, 0.5) is 11.4 Å². The average Bonchev–Trinajstić information content (AvgIpc) is 2.80. The van der Waals surface area contributed by atoms with E-state index in [4.69, 9.17) is 11.6 Å². The SMILES string of the molecule is CC(=O)Nc1ccc(NC(=O)/C=C/c2c(C)nn(CC(C)C)c2Cl)cc1. The van der Waals surface area contributed by atoms with Gasteiger partial charge >= 0.3 is 0 Å². The van der Waals surface area contributed by atoms with Crippen molar-refractivity contribution >= 4 is 40.9 Å². The van der Waals surface area contributed by atoms with Crippen molar-refractivity contribution in [2.24, 2.45) is 5.92 Å². The summed E-state index contributed by atoms with van der Waals surface area (Å²) >= 11 is 6.36. The molecule has 0 fully saturated rings. The van der Waals surface area contributed by atoms with Gasteiger partial charge in [-0.05, 0) is 43.2 Å². The molecule has 1 aromatic heterocycles. The summed E-state index contributed by atoms with van der Waals surface area (Å²) in [6.45, 7) is 8.21. The number of hydrogen-bond donors (Lipinski definition) is 2. The minimum atomic E-state index is -0.274. The zero-order valence-corrected chi connectivity index (χ0v) is 16.1.